The van der Waals surface area contributed by atoms with E-state index in [1.54, 1.807) is 7.11 Å². The molecule has 0 aromatic heterocycles. The molecule has 0 aliphatic heterocycles. The Hall–Kier alpha value is 0.270. The molecule has 5 heteroatoms. The van der Waals surface area contributed by atoms with Crippen molar-refractivity contribution in [3.63, 3.8) is 0 Å². The monoisotopic (exact) mass is 125 g/mol. The second-order valence-electron chi connectivity index (χ2n) is 0.947. The van der Waals surface area contributed by atoms with Gasteiger partial charge in [0, 0.05) is 18.6 Å². The first-order valence-electron chi connectivity index (χ1n) is 1.91. The summed E-state index contributed by atoms with van der Waals surface area (Å²) in [5.41, 5.74) is 7.70. The summed E-state index contributed by atoms with van der Waals surface area (Å²) in [7, 11) is 1.56. The van der Waals surface area contributed by atoms with Gasteiger partial charge in [-0.1, -0.05) is 5.11 Å². The van der Waals surface area contributed by atoms with Gasteiger partial charge in [0.15, 0.2) is 0 Å². The van der Waals surface area contributed by atoms with E-state index in [2.05, 4.69) is 14.8 Å². The van der Waals surface area contributed by atoms with Crippen molar-refractivity contribution in [2.45, 2.75) is 0 Å². The van der Waals surface area contributed by atoms with Gasteiger partial charge in [-0.25, -0.2) is 0 Å². The molecule has 0 aliphatic carbocycles. The molecule has 0 aromatic rings. The molecular weight excluding hydrogens is 117 g/mol. The van der Waals surface area contributed by atoms with Gasteiger partial charge < -0.3 is 6.16 Å². The van der Waals surface area contributed by atoms with E-state index < -0.39 is 0 Å². The normalized spacial score (nSPS) is 6.62. The van der Waals surface area contributed by atoms with Crippen molar-refractivity contribution in [2.75, 3.05) is 20.3 Å². The molecule has 0 fully saturated rings. The number of hydrogen-bond acceptors (Lipinski definition) is 2. The maximum atomic E-state index is 7.70. The number of rotatable bonds is 3. The van der Waals surface area contributed by atoms with Crippen molar-refractivity contribution in [3.8, 4) is 0 Å². The van der Waals surface area contributed by atoms with E-state index in [1.165, 1.54) is 0 Å². The third kappa shape index (κ3) is 9.55. The molecule has 0 N–H and O–H groups in total. The standard InChI is InChI=1S/C3H7N3O.Na.H/c1-7-3-2-5-6-4;;/h2-3H2,1H3;;/q;+1;-1. The fraction of sp³-hybridized carbons (Fsp3) is 1.00. The van der Waals surface area contributed by atoms with Gasteiger partial charge in [0.05, 0.1) is 6.61 Å². The molecule has 0 radical (unpaired) electrons. The molecule has 0 unspecified atom stereocenters. The quantitative estimate of drug-likeness (QED) is 0.142. The first kappa shape index (κ1) is 11.1. The maximum Gasteiger partial charge on any atom is 1.00 e. The number of methoxy groups -OCH3 is 1. The van der Waals surface area contributed by atoms with Crippen molar-refractivity contribution in [3.05, 3.63) is 10.4 Å². The van der Waals surface area contributed by atoms with E-state index in [0.717, 1.165) is 0 Å². The molecule has 0 atom stereocenters. The van der Waals surface area contributed by atoms with Crippen LogP contribution in [0, 0.1) is 0 Å². The summed E-state index contributed by atoms with van der Waals surface area (Å²) >= 11 is 0. The molecular formula is C3H8N3NaO. The summed E-state index contributed by atoms with van der Waals surface area (Å²) in [6.07, 6.45) is 0. The zero-order chi connectivity index (χ0) is 5.54. The molecule has 0 saturated heterocycles. The molecule has 0 bridgehead atoms. The van der Waals surface area contributed by atoms with Crippen LogP contribution in [-0.2, 0) is 4.74 Å². The number of azide groups is 1. The second kappa shape index (κ2) is 10.3. The molecule has 42 valence electrons. The van der Waals surface area contributed by atoms with Crippen LogP contribution >= 0.6 is 0 Å². The number of nitrogens with zero attached hydrogens (tertiary/aromatic N) is 3. The van der Waals surface area contributed by atoms with Crippen LogP contribution in [0.15, 0.2) is 5.11 Å². The summed E-state index contributed by atoms with van der Waals surface area (Å²) in [6, 6.07) is 0. The Morgan fingerprint density at radius 1 is 1.88 bits per heavy atom. The maximum absolute atomic E-state index is 7.70. The molecule has 0 aliphatic rings. The van der Waals surface area contributed by atoms with E-state index in [4.69, 9.17) is 5.53 Å². The first-order chi connectivity index (χ1) is 3.41. The minimum Gasteiger partial charge on any atom is -1.00 e. The predicted molar refractivity (Wildman–Crippen MR) is 27.0 cm³/mol. The minimum absolute atomic E-state index is 0. The van der Waals surface area contributed by atoms with Crippen LogP contribution in [0.3, 0.4) is 0 Å². The first-order valence-corrected chi connectivity index (χ1v) is 1.91. The van der Waals surface area contributed by atoms with Crippen molar-refractivity contribution in [1.82, 2.24) is 0 Å². The van der Waals surface area contributed by atoms with E-state index in [0.29, 0.717) is 13.2 Å². The van der Waals surface area contributed by atoms with Gasteiger partial charge in [-0.05, 0) is 5.53 Å². The Morgan fingerprint density at radius 3 is 2.88 bits per heavy atom. The van der Waals surface area contributed by atoms with Gasteiger partial charge in [-0.15, -0.1) is 0 Å². The average molecular weight is 125 g/mol. The Kier molecular flexibility index (Phi) is 14.3. The minimum atomic E-state index is 0. The van der Waals surface area contributed by atoms with Crippen molar-refractivity contribution in [2.24, 2.45) is 5.11 Å². The van der Waals surface area contributed by atoms with Gasteiger partial charge in [0.25, 0.3) is 0 Å². The molecule has 0 spiro atoms. The van der Waals surface area contributed by atoms with Gasteiger partial charge in [-0.2, -0.15) is 0 Å². The van der Waals surface area contributed by atoms with Crippen molar-refractivity contribution in [1.29, 1.82) is 0 Å². The third-order valence-corrected chi connectivity index (χ3v) is 0.459. The largest absolute Gasteiger partial charge is 1.00 e. The van der Waals surface area contributed by atoms with E-state index in [-0.39, 0.29) is 31.0 Å². The zero-order valence-electron chi connectivity index (χ0n) is 6.16. The topological polar surface area (TPSA) is 58.0 Å². The SMILES string of the molecule is COCCN=[N+]=[N-].[H-].[Na+]. The van der Waals surface area contributed by atoms with Crippen LogP contribution in [0.4, 0.5) is 0 Å². The molecule has 0 aromatic carbocycles. The van der Waals surface area contributed by atoms with E-state index >= 15 is 0 Å². The van der Waals surface area contributed by atoms with Crippen LogP contribution in [-0.4, -0.2) is 20.3 Å². The summed E-state index contributed by atoms with van der Waals surface area (Å²) in [6.45, 7) is 0.928. The number of hydrogen-bond donors (Lipinski definition) is 0. The van der Waals surface area contributed by atoms with Gasteiger partial charge in [-0.3, -0.25) is 0 Å². The van der Waals surface area contributed by atoms with Crippen LogP contribution < -0.4 is 29.6 Å². The van der Waals surface area contributed by atoms with Gasteiger partial charge >= 0.3 is 29.6 Å². The van der Waals surface area contributed by atoms with Crippen LogP contribution in [0.2, 0.25) is 0 Å². The molecule has 0 saturated carbocycles. The fourth-order valence-electron chi connectivity index (χ4n) is 0.177. The summed E-state index contributed by atoms with van der Waals surface area (Å²) in [4.78, 5) is 2.52. The Morgan fingerprint density at radius 2 is 2.50 bits per heavy atom. The fourth-order valence-corrected chi connectivity index (χ4v) is 0.177. The predicted octanol–water partition coefficient (Wildman–Crippen LogP) is -1.94. The molecule has 0 heterocycles. The van der Waals surface area contributed by atoms with Crippen LogP contribution in [0.5, 0.6) is 0 Å². The summed E-state index contributed by atoms with van der Waals surface area (Å²) in [5.74, 6) is 0. The summed E-state index contributed by atoms with van der Waals surface area (Å²) in [5, 5.41) is 3.22. The van der Waals surface area contributed by atoms with E-state index in [1.807, 2.05) is 0 Å². The van der Waals surface area contributed by atoms with Crippen molar-refractivity contribution < 1.29 is 35.7 Å². The molecule has 0 amide bonds. The van der Waals surface area contributed by atoms with Gasteiger partial charge in [0.1, 0.15) is 0 Å². The molecule has 8 heavy (non-hydrogen) atoms. The molecule has 0 rings (SSSR count). The Balaban J connectivity index is -0.000000180. The third-order valence-electron chi connectivity index (χ3n) is 0.459. The molecule has 4 nitrogen and oxygen atoms in total. The smallest absolute Gasteiger partial charge is 1.00 e. The van der Waals surface area contributed by atoms with Crippen molar-refractivity contribution >= 4 is 0 Å². The average Bonchev–Trinajstić information content (AvgIpc) is 1.69. The van der Waals surface area contributed by atoms with Crippen LogP contribution in [0.1, 0.15) is 1.43 Å². The Bertz CT molecular complexity index is 85.1. The zero-order valence-corrected chi connectivity index (χ0v) is 7.16. The Labute approximate surface area is 71.6 Å². The van der Waals surface area contributed by atoms with E-state index in [9.17, 15) is 0 Å². The summed E-state index contributed by atoms with van der Waals surface area (Å²) < 4.78 is 4.58. The van der Waals surface area contributed by atoms with Gasteiger partial charge in [0.2, 0.25) is 0 Å². The number of ether oxygens (including phenoxy) is 1. The second-order valence-corrected chi connectivity index (χ2v) is 0.947. The van der Waals surface area contributed by atoms with Crippen LogP contribution in [0.25, 0.3) is 10.4 Å².